The van der Waals surface area contributed by atoms with E-state index in [0.29, 0.717) is 5.95 Å². The van der Waals surface area contributed by atoms with Crippen LogP contribution in [0.25, 0.3) is 11.0 Å². The van der Waals surface area contributed by atoms with Crippen molar-refractivity contribution in [3.05, 3.63) is 100 Å². The third-order valence-electron chi connectivity index (χ3n) is 5.00. The first kappa shape index (κ1) is 22.3. The van der Waals surface area contributed by atoms with Gasteiger partial charge in [0.2, 0.25) is 0 Å². The number of carbonyl (C=O) groups is 4. The zero-order chi connectivity index (χ0) is 24.4. The molecule has 0 spiro atoms. The molecule has 11 heteroatoms. The third-order valence-corrected chi connectivity index (χ3v) is 5.00. The Balaban J connectivity index is 0.000000121. The monoisotopic (exact) mass is 459 g/mol. The first-order chi connectivity index (χ1) is 16.3. The zero-order valence-electron chi connectivity index (χ0n) is 17.4. The largest absolute Gasteiger partial charge is 0.749 e. The molecule has 0 fully saturated rings. The number of imide groups is 2. The maximum absolute atomic E-state index is 11.1. The van der Waals surface area contributed by atoms with Crippen LogP contribution < -0.4 is 10.7 Å². The van der Waals surface area contributed by atoms with Crippen LogP contribution in [0.3, 0.4) is 0 Å². The number of nitrogens with zero attached hydrogens (tertiary/aromatic N) is 2. The molecule has 0 atom stereocenters. The molecule has 3 aromatic carbocycles. The van der Waals surface area contributed by atoms with E-state index < -0.39 is 23.6 Å². The minimum absolute atomic E-state index is 0.120. The van der Waals surface area contributed by atoms with Gasteiger partial charge in [-0.15, -0.1) is 5.06 Å². The van der Waals surface area contributed by atoms with Crippen LogP contribution in [-0.4, -0.2) is 43.9 Å². The second-order valence-electron chi connectivity index (χ2n) is 7.13. The van der Waals surface area contributed by atoms with E-state index >= 15 is 0 Å². The molecule has 0 unspecified atom stereocenters. The molecular formula is C23H17N5O6. The summed E-state index contributed by atoms with van der Waals surface area (Å²) < 4.78 is 0. The van der Waals surface area contributed by atoms with E-state index in [2.05, 4.69) is 9.97 Å². The lowest BCUT2D eigenvalue weighted by Gasteiger charge is -2.17. The normalized spacial score (nSPS) is 13.8. The number of H-pyrrole nitrogens is 2. The standard InChI is InChI=1S/C8H5NO3.C8H4NO3.C7H7N3/c2*10-7-5-3-1-2-4-6(5)8(11)9(7)12;8-7-9-5-3-1-2-4-6(5)10-7/h1-4,12H;1-4H;1-4H,(H3,8,9,10)/q;-1;/p+1. The zero-order valence-corrected chi connectivity index (χ0v) is 17.4. The van der Waals surface area contributed by atoms with Gasteiger partial charge < -0.3 is 10.3 Å². The van der Waals surface area contributed by atoms with Gasteiger partial charge in [0, 0.05) is 0 Å². The van der Waals surface area contributed by atoms with E-state index in [4.69, 9.17) is 10.9 Å². The quantitative estimate of drug-likeness (QED) is 0.266. The van der Waals surface area contributed by atoms with Crippen molar-refractivity contribution in [2.45, 2.75) is 0 Å². The molecule has 4 aromatic rings. The molecule has 5 N–H and O–H groups in total. The number of amides is 4. The summed E-state index contributed by atoms with van der Waals surface area (Å²) in [5.74, 6) is -2.25. The predicted molar refractivity (Wildman–Crippen MR) is 118 cm³/mol. The lowest BCUT2D eigenvalue weighted by molar-refractivity contribution is -0.325. The molecule has 0 bridgehead atoms. The van der Waals surface area contributed by atoms with E-state index in [-0.39, 0.29) is 32.4 Å². The van der Waals surface area contributed by atoms with Gasteiger partial charge in [-0.2, -0.15) is 0 Å². The van der Waals surface area contributed by atoms with Crippen molar-refractivity contribution in [1.29, 1.82) is 0 Å². The van der Waals surface area contributed by atoms with Crippen LogP contribution in [0.4, 0.5) is 5.95 Å². The second kappa shape index (κ2) is 8.94. The number of aromatic nitrogens is 2. The fourth-order valence-electron chi connectivity index (χ4n) is 3.37. The molecular weight excluding hydrogens is 442 g/mol. The summed E-state index contributed by atoms with van der Waals surface area (Å²) in [7, 11) is 0. The van der Waals surface area contributed by atoms with Gasteiger partial charge in [-0.1, -0.05) is 36.4 Å². The Labute approximate surface area is 191 Å². The van der Waals surface area contributed by atoms with Gasteiger partial charge in [0.1, 0.15) is 11.0 Å². The smallest absolute Gasteiger partial charge is 0.351 e. The Kier molecular flexibility index (Phi) is 5.87. The number of aromatic amines is 2. The van der Waals surface area contributed by atoms with E-state index in [9.17, 15) is 24.4 Å². The molecule has 6 rings (SSSR count). The van der Waals surface area contributed by atoms with Crippen molar-refractivity contribution < 1.29 is 29.4 Å². The second-order valence-corrected chi connectivity index (χ2v) is 7.13. The van der Waals surface area contributed by atoms with Gasteiger partial charge >= 0.3 is 5.95 Å². The average molecular weight is 459 g/mol. The van der Waals surface area contributed by atoms with Crippen molar-refractivity contribution in [2.75, 3.05) is 5.73 Å². The van der Waals surface area contributed by atoms with E-state index in [1.807, 2.05) is 24.3 Å². The number of hydroxylamine groups is 4. The van der Waals surface area contributed by atoms with E-state index in [0.717, 1.165) is 11.0 Å². The highest BCUT2D eigenvalue weighted by atomic mass is 16.5. The Bertz CT molecular complexity index is 1270. The fourth-order valence-corrected chi connectivity index (χ4v) is 3.37. The predicted octanol–water partition coefficient (Wildman–Crippen LogP) is 2.02. The Hall–Kier alpha value is -4.87. The van der Waals surface area contributed by atoms with Gasteiger partial charge in [0.15, 0.2) is 0 Å². The molecule has 0 saturated heterocycles. The number of carbonyl (C=O) groups excluding carboxylic acids is 4. The van der Waals surface area contributed by atoms with Crippen molar-refractivity contribution >= 4 is 40.6 Å². The summed E-state index contributed by atoms with van der Waals surface area (Å²) in [6.45, 7) is 0. The number of hydrogen-bond donors (Lipinski definition) is 3. The topological polar surface area (TPSA) is 174 Å². The number of benzene rings is 3. The number of hydrogen-bond acceptors (Lipinski definition) is 7. The minimum atomic E-state index is -0.768. The summed E-state index contributed by atoms with van der Waals surface area (Å²) in [6.07, 6.45) is 0. The lowest BCUT2D eigenvalue weighted by atomic mass is 10.1. The summed E-state index contributed by atoms with van der Waals surface area (Å²) in [5.41, 5.74) is 8.46. The van der Waals surface area contributed by atoms with Gasteiger partial charge in [0.05, 0.1) is 22.3 Å². The van der Waals surface area contributed by atoms with Crippen LogP contribution in [-0.2, 0) is 0 Å². The molecule has 2 aliphatic rings. The highest BCUT2D eigenvalue weighted by Crippen LogP contribution is 2.21. The van der Waals surface area contributed by atoms with E-state index in [1.54, 1.807) is 24.3 Å². The van der Waals surface area contributed by atoms with Crippen LogP contribution in [0.15, 0.2) is 72.8 Å². The van der Waals surface area contributed by atoms with Gasteiger partial charge in [-0.3, -0.25) is 30.1 Å². The average Bonchev–Trinajstić information content (AvgIpc) is 3.43. The van der Waals surface area contributed by atoms with E-state index in [1.165, 1.54) is 24.3 Å². The number of anilines is 1. The Morgan fingerprint density at radius 3 is 1.59 bits per heavy atom. The molecule has 0 aliphatic carbocycles. The first-order valence-electron chi connectivity index (χ1n) is 9.86. The van der Waals surface area contributed by atoms with Crippen LogP contribution in [0, 0.1) is 5.21 Å². The van der Waals surface area contributed by atoms with Crippen molar-refractivity contribution in [3.63, 3.8) is 0 Å². The third kappa shape index (κ3) is 3.99. The molecule has 34 heavy (non-hydrogen) atoms. The molecule has 0 saturated carbocycles. The molecule has 2 aliphatic heterocycles. The number of para-hydroxylation sites is 2. The van der Waals surface area contributed by atoms with Crippen molar-refractivity contribution in [1.82, 2.24) is 15.1 Å². The van der Waals surface area contributed by atoms with Crippen LogP contribution in [0.2, 0.25) is 0 Å². The highest BCUT2D eigenvalue weighted by molar-refractivity contribution is 6.21. The number of nitrogens with one attached hydrogen (secondary N) is 2. The van der Waals surface area contributed by atoms with Crippen LogP contribution in [0.5, 0.6) is 0 Å². The molecule has 1 aromatic heterocycles. The van der Waals surface area contributed by atoms with Crippen LogP contribution >= 0.6 is 0 Å². The van der Waals surface area contributed by atoms with Gasteiger partial charge in [-0.05, 0) is 36.4 Å². The number of nitrogen functional groups attached to an aromatic ring is 1. The van der Waals surface area contributed by atoms with Crippen molar-refractivity contribution in [3.8, 4) is 0 Å². The summed E-state index contributed by atoms with van der Waals surface area (Å²) in [5, 5.41) is 19.7. The minimum Gasteiger partial charge on any atom is -0.749 e. The first-order valence-corrected chi connectivity index (χ1v) is 9.86. The molecule has 11 nitrogen and oxygen atoms in total. The SMILES string of the molecule is Nc1[nH]c2ccccc2[nH+]1.O=C1c2ccccc2C(=O)N1O.O=C1c2ccccc2C(=O)N1[O-]. The fraction of sp³-hybridized carbons (Fsp3) is 0. The van der Waals surface area contributed by atoms with Crippen molar-refractivity contribution in [2.24, 2.45) is 0 Å². The number of fused-ring (bicyclic) bond motifs is 3. The maximum atomic E-state index is 11.1. The Morgan fingerprint density at radius 2 is 1.12 bits per heavy atom. The van der Waals surface area contributed by atoms with Gasteiger partial charge in [-0.25, -0.2) is 9.97 Å². The summed E-state index contributed by atoms with van der Waals surface area (Å²) in [4.78, 5) is 50.1. The number of nitrogens with two attached hydrogens (primary N) is 1. The van der Waals surface area contributed by atoms with Gasteiger partial charge in [0.25, 0.3) is 23.6 Å². The molecule has 3 heterocycles. The number of imidazole rings is 1. The summed E-state index contributed by atoms with van der Waals surface area (Å²) in [6, 6.07) is 20.3. The summed E-state index contributed by atoms with van der Waals surface area (Å²) >= 11 is 0. The molecule has 0 radical (unpaired) electrons. The van der Waals surface area contributed by atoms with Crippen LogP contribution in [0.1, 0.15) is 41.4 Å². The lowest BCUT2D eigenvalue weighted by Crippen LogP contribution is -2.25. The highest BCUT2D eigenvalue weighted by Gasteiger charge is 2.34. The molecule has 170 valence electrons. The molecule has 4 amide bonds. The Morgan fingerprint density at radius 1 is 0.706 bits per heavy atom. The maximum Gasteiger partial charge on any atom is 0.351 e. The number of rotatable bonds is 0.